The number of nitriles is 1. The summed E-state index contributed by atoms with van der Waals surface area (Å²) < 4.78 is 31.5. The molecule has 0 aliphatic carbocycles. The maximum absolute atomic E-state index is 11.9. The lowest BCUT2D eigenvalue weighted by molar-refractivity contribution is 0.0799. The molecule has 0 saturated carbocycles. The summed E-state index contributed by atoms with van der Waals surface area (Å²) in [5.74, 6) is -0.199. The van der Waals surface area contributed by atoms with Gasteiger partial charge >= 0.3 is 0 Å². The Morgan fingerprint density at radius 3 is 2.74 bits per heavy atom. The van der Waals surface area contributed by atoms with Gasteiger partial charge in [0.2, 0.25) is 10.0 Å². The van der Waals surface area contributed by atoms with E-state index in [9.17, 15) is 8.42 Å². The van der Waals surface area contributed by atoms with Crippen molar-refractivity contribution in [1.82, 2.24) is 4.72 Å². The standard InChI is InChI=1S/C13H18N2O3S/c1-3-18-11(2)9-15-19(16,17)10-13-7-5-4-6-12(13)8-14/h4-7,11,15H,3,9-10H2,1-2H3. The second kappa shape index (κ2) is 7.24. The van der Waals surface area contributed by atoms with Gasteiger partial charge in [-0.05, 0) is 25.5 Å². The van der Waals surface area contributed by atoms with E-state index in [4.69, 9.17) is 10.00 Å². The van der Waals surface area contributed by atoms with Crippen molar-refractivity contribution in [2.75, 3.05) is 13.2 Å². The molecule has 0 aromatic heterocycles. The molecule has 0 saturated heterocycles. The van der Waals surface area contributed by atoms with Crippen molar-refractivity contribution in [1.29, 1.82) is 5.26 Å². The maximum atomic E-state index is 11.9. The van der Waals surface area contributed by atoms with Crippen molar-refractivity contribution in [3.05, 3.63) is 35.4 Å². The maximum Gasteiger partial charge on any atom is 0.215 e. The molecule has 5 nitrogen and oxygen atoms in total. The van der Waals surface area contributed by atoms with Crippen LogP contribution >= 0.6 is 0 Å². The van der Waals surface area contributed by atoms with Crippen molar-refractivity contribution in [3.8, 4) is 6.07 Å². The van der Waals surface area contributed by atoms with E-state index in [1.807, 2.05) is 13.0 Å². The molecule has 0 fully saturated rings. The number of benzene rings is 1. The van der Waals surface area contributed by atoms with E-state index in [-0.39, 0.29) is 18.4 Å². The number of hydrogen-bond acceptors (Lipinski definition) is 4. The highest BCUT2D eigenvalue weighted by Gasteiger charge is 2.15. The van der Waals surface area contributed by atoms with Gasteiger partial charge in [0.25, 0.3) is 0 Å². The zero-order valence-electron chi connectivity index (χ0n) is 11.1. The predicted molar refractivity (Wildman–Crippen MR) is 72.9 cm³/mol. The van der Waals surface area contributed by atoms with Crippen LogP contribution in [0.3, 0.4) is 0 Å². The summed E-state index contributed by atoms with van der Waals surface area (Å²) in [7, 11) is -3.46. The third-order valence-electron chi connectivity index (χ3n) is 2.53. The highest BCUT2D eigenvalue weighted by molar-refractivity contribution is 7.88. The quantitative estimate of drug-likeness (QED) is 0.820. The second-order valence-electron chi connectivity index (χ2n) is 4.14. The fraction of sp³-hybridized carbons (Fsp3) is 0.462. The number of sulfonamides is 1. The van der Waals surface area contributed by atoms with Crippen LogP contribution in [0.25, 0.3) is 0 Å². The molecule has 6 heteroatoms. The van der Waals surface area contributed by atoms with Gasteiger partial charge in [-0.3, -0.25) is 0 Å². The lowest BCUT2D eigenvalue weighted by Crippen LogP contribution is -2.33. The summed E-state index contributed by atoms with van der Waals surface area (Å²) in [5, 5.41) is 8.92. The first-order valence-electron chi connectivity index (χ1n) is 6.05. The predicted octanol–water partition coefficient (Wildman–Crippen LogP) is 1.40. The minimum absolute atomic E-state index is 0.175. The SMILES string of the molecule is CCOC(C)CNS(=O)(=O)Cc1ccccc1C#N. The van der Waals surface area contributed by atoms with E-state index in [1.54, 1.807) is 31.2 Å². The Morgan fingerprint density at radius 2 is 2.11 bits per heavy atom. The summed E-state index contributed by atoms with van der Waals surface area (Å²) in [5.41, 5.74) is 0.882. The molecule has 1 rings (SSSR count). The summed E-state index contributed by atoms with van der Waals surface area (Å²) in [6.07, 6.45) is -0.175. The van der Waals surface area contributed by atoms with Crippen molar-refractivity contribution in [2.45, 2.75) is 25.7 Å². The molecular formula is C13H18N2O3S. The number of rotatable bonds is 7. The van der Waals surface area contributed by atoms with E-state index in [0.717, 1.165) is 0 Å². The van der Waals surface area contributed by atoms with Gasteiger partial charge in [-0.2, -0.15) is 5.26 Å². The van der Waals surface area contributed by atoms with Gasteiger partial charge in [0, 0.05) is 13.2 Å². The fourth-order valence-electron chi connectivity index (χ4n) is 1.60. The number of hydrogen-bond donors (Lipinski definition) is 1. The molecule has 0 bridgehead atoms. The van der Waals surface area contributed by atoms with Gasteiger partial charge in [-0.1, -0.05) is 18.2 Å². The number of nitrogens with zero attached hydrogens (tertiary/aromatic N) is 1. The van der Waals surface area contributed by atoms with Crippen molar-refractivity contribution in [2.24, 2.45) is 0 Å². The van der Waals surface area contributed by atoms with Crippen LogP contribution < -0.4 is 4.72 Å². The molecule has 1 aromatic carbocycles. The molecule has 0 heterocycles. The zero-order chi connectivity index (χ0) is 14.3. The molecule has 104 valence electrons. The summed E-state index contributed by atoms with van der Waals surface area (Å²) in [6, 6.07) is 8.66. The highest BCUT2D eigenvalue weighted by Crippen LogP contribution is 2.10. The molecule has 0 aliphatic heterocycles. The molecule has 0 amide bonds. The Bertz CT molecular complexity index is 549. The minimum Gasteiger partial charge on any atom is -0.377 e. The topological polar surface area (TPSA) is 79.2 Å². The van der Waals surface area contributed by atoms with Gasteiger partial charge in [-0.25, -0.2) is 13.1 Å². The molecular weight excluding hydrogens is 264 g/mol. The monoisotopic (exact) mass is 282 g/mol. The Kier molecular flexibility index (Phi) is 5.96. The first-order valence-corrected chi connectivity index (χ1v) is 7.70. The molecule has 0 radical (unpaired) electrons. The van der Waals surface area contributed by atoms with E-state index < -0.39 is 10.0 Å². The van der Waals surface area contributed by atoms with Crippen LogP contribution in [0.1, 0.15) is 25.0 Å². The van der Waals surface area contributed by atoms with Crippen LogP contribution in [0.2, 0.25) is 0 Å². The number of nitrogens with one attached hydrogen (secondary N) is 1. The summed E-state index contributed by atoms with van der Waals surface area (Å²) in [6.45, 7) is 4.43. The lowest BCUT2D eigenvalue weighted by atomic mass is 10.1. The smallest absolute Gasteiger partial charge is 0.215 e. The zero-order valence-corrected chi connectivity index (χ0v) is 11.9. The molecule has 1 N–H and O–H groups in total. The Morgan fingerprint density at radius 1 is 1.42 bits per heavy atom. The van der Waals surface area contributed by atoms with Crippen molar-refractivity contribution >= 4 is 10.0 Å². The molecule has 0 spiro atoms. The average molecular weight is 282 g/mol. The highest BCUT2D eigenvalue weighted by atomic mass is 32.2. The summed E-state index contributed by atoms with van der Waals surface area (Å²) >= 11 is 0. The first kappa shape index (κ1) is 15.6. The van der Waals surface area contributed by atoms with Crippen LogP contribution in [-0.4, -0.2) is 27.7 Å². The Labute approximate surface area is 114 Å². The van der Waals surface area contributed by atoms with Crippen molar-refractivity contribution < 1.29 is 13.2 Å². The van der Waals surface area contributed by atoms with Gasteiger partial charge < -0.3 is 4.74 Å². The van der Waals surface area contributed by atoms with Crippen LogP contribution in [0.15, 0.2) is 24.3 Å². The molecule has 19 heavy (non-hydrogen) atoms. The van der Waals surface area contributed by atoms with Crippen molar-refractivity contribution in [3.63, 3.8) is 0 Å². The van der Waals surface area contributed by atoms with Gasteiger partial charge in [0.1, 0.15) is 0 Å². The normalized spacial score (nSPS) is 12.9. The minimum atomic E-state index is -3.46. The Balaban J connectivity index is 2.67. The average Bonchev–Trinajstić information content (AvgIpc) is 2.37. The van der Waals surface area contributed by atoms with Gasteiger partial charge in [-0.15, -0.1) is 0 Å². The summed E-state index contributed by atoms with van der Waals surface area (Å²) in [4.78, 5) is 0. The van der Waals surface area contributed by atoms with E-state index in [0.29, 0.717) is 17.7 Å². The molecule has 1 aromatic rings. The number of ether oxygens (including phenoxy) is 1. The fourth-order valence-corrected chi connectivity index (χ4v) is 2.85. The van der Waals surface area contributed by atoms with E-state index in [1.165, 1.54) is 0 Å². The van der Waals surface area contributed by atoms with Gasteiger partial charge in [0.05, 0.1) is 23.5 Å². The van der Waals surface area contributed by atoms with Crippen LogP contribution in [-0.2, 0) is 20.5 Å². The first-order chi connectivity index (χ1) is 8.98. The molecule has 0 aliphatic rings. The molecule has 1 atom stereocenters. The van der Waals surface area contributed by atoms with E-state index in [2.05, 4.69) is 4.72 Å². The van der Waals surface area contributed by atoms with Crippen LogP contribution in [0.4, 0.5) is 0 Å². The largest absolute Gasteiger partial charge is 0.377 e. The third-order valence-corrected chi connectivity index (χ3v) is 3.82. The van der Waals surface area contributed by atoms with Gasteiger partial charge in [0.15, 0.2) is 0 Å². The Hall–Kier alpha value is -1.42. The van der Waals surface area contributed by atoms with E-state index >= 15 is 0 Å². The van der Waals surface area contributed by atoms with Crippen LogP contribution in [0, 0.1) is 11.3 Å². The third kappa shape index (κ3) is 5.39. The lowest BCUT2D eigenvalue weighted by Gasteiger charge is -2.13. The second-order valence-corrected chi connectivity index (χ2v) is 5.95. The molecule has 1 unspecified atom stereocenters. The van der Waals surface area contributed by atoms with Crippen LogP contribution in [0.5, 0.6) is 0 Å².